The van der Waals surface area contributed by atoms with E-state index in [2.05, 4.69) is 9.72 Å². The van der Waals surface area contributed by atoms with Crippen molar-refractivity contribution in [3.05, 3.63) is 34.2 Å². The Labute approximate surface area is 115 Å². The highest BCUT2D eigenvalue weighted by Gasteiger charge is 2.27. The molecule has 0 aromatic carbocycles. The summed E-state index contributed by atoms with van der Waals surface area (Å²) in [5.74, 6) is -0.616. The number of pyridine rings is 1. The lowest BCUT2D eigenvalue weighted by Crippen LogP contribution is -2.46. The van der Waals surface area contributed by atoms with Crippen molar-refractivity contribution in [2.24, 2.45) is 0 Å². The number of nitrogens with one attached hydrogen (secondary N) is 1. The smallest absolute Gasteiger partial charge is 0.308 e. The van der Waals surface area contributed by atoms with Crippen LogP contribution in [0.4, 0.5) is 0 Å². The van der Waals surface area contributed by atoms with Crippen LogP contribution in [0, 0.1) is 0 Å². The summed E-state index contributed by atoms with van der Waals surface area (Å²) in [7, 11) is 1.31. The predicted molar refractivity (Wildman–Crippen MR) is 69.3 cm³/mol. The van der Waals surface area contributed by atoms with Gasteiger partial charge in [0.2, 0.25) is 5.56 Å². The molecule has 1 saturated heterocycles. The summed E-state index contributed by atoms with van der Waals surface area (Å²) in [6.45, 7) is 1.10. The van der Waals surface area contributed by atoms with Gasteiger partial charge in [0.25, 0.3) is 5.91 Å². The summed E-state index contributed by atoms with van der Waals surface area (Å²) in [6.07, 6.45) is 1.17. The normalized spacial score (nSPS) is 18.6. The molecule has 7 heteroatoms. The third-order valence-corrected chi connectivity index (χ3v) is 3.07. The molecule has 1 aliphatic heterocycles. The van der Waals surface area contributed by atoms with Crippen LogP contribution in [0.3, 0.4) is 0 Å². The molecule has 0 aliphatic carbocycles. The van der Waals surface area contributed by atoms with Gasteiger partial charge >= 0.3 is 5.97 Å². The van der Waals surface area contributed by atoms with Gasteiger partial charge < -0.3 is 19.4 Å². The lowest BCUT2D eigenvalue weighted by atomic mass is 10.1. The molecule has 0 bridgehead atoms. The molecule has 1 fully saturated rings. The highest BCUT2D eigenvalue weighted by atomic mass is 16.5. The van der Waals surface area contributed by atoms with E-state index < -0.39 is 0 Å². The molecular formula is C13H16N2O5. The number of hydrogen-bond acceptors (Lipinski definition) is 5. The molecule has 0 spiro atoms. The first kappa shape index (κ1) is 14.3. The zero-order valence-corrected chi connectivity index (χ0v) is 11.1. The summed E-state index contributed by atoms with van der Waals surface area (Å²) in [5, 5.41) is 0. The van der Waals surface area contributed by atoms with Crippen LogP contribution in [0.5, 0.6) is 0 Å². The molecule has 1 N–H and O–H groups in total. The van der Waals surface area contributed by atoms with Gasteiger partial charge in [-0.25, -0.2) is 0 Å². The molecule has 1 aromatic heterocycles. The van der Waals surface area contributed by atoms with E-state index >= 15 is 0 Å². The fraction of sp³-hybridized carbons (Fsp3) is 0.462. The van der Waals surface area contributed by atoms with Crippen molar-refractivity contribution in [3.8, 4) is 0 Å². The average Bonchev–Trinajstić information content (AvgIpc) is 2.46. The number of carbonyl (C=O) groups is 2. The monoisotopic (exact) mass is 280 g/mol. The van der Waals surface area contributed by atoms with Crippen molar-refractivity contribution in [1.82, 2.24) is 9.88 Å². The number of carbonyl (C=O) groups excluding carboxylic acids is 2. The van der Waals surface area contributed by atoms with Crippen molar-refractivity contribution in [2.45, 2.75) is 12.5 Å². The van der Waals surface area contributed by atoms with Crippen LogP contribution >= 0.6 is 0 Å². The number of rotatable bonds is 3. The minimum absolute atomic E-state index is 0.107. The van der Waals surface area contributed by atoms with Crippen molar-refractivity contribution >= 4 is 11.9 Å². The van der Waals surface area contributed by atoms with Gasteiger partial charge in [-0.3, -0.25) is 14.4 Å². The number of esters is 1. The number of nitrogens with zero attached hydrogens (tertiary/aromatic N) is 1. The Balaban J connectivity index is 2.03. The Kier molecular flexibility index (Phi) is 4.52. The van der Waals surface area contributed by atoms with E-state index in [9.17, 15) is 14.4 Å². The van der Waals surface area contributed by atoms with Crippen LogP contribution in [0.2, 0.25) is 0 Å². The first-order valence-electron chi connectivity index (χ1n) is 6.26. The number of amides is 1. The maximum atomic E-state index is 12.3. The van der Waals surface area contributed by atoms with Gasteiger partial charge in [-0.1, -0.05) is 0 Å². The van der Waals surface area contributed by atoms with Gasteiger partial charge in [-0.05, 0) is 6.07 Å². The first-order chi connectivity index (χ1) is 9.60. The Morgan fingerprint density at radius 1 is 1.55 bits per heavy atom. The van der Waals surface area contributed by atoms with Crippen LogP contribution in [0.1, 0.15) is 16.8 Å². The van der Waals surface area contributed by atoms with Crippen LogP contribution in [0.25, 0.3) is 0 Å². The summed E-state index contributed by atoms with van der Waals surface area (Å²) in [6, 6.07) is 2.81. The molecule has 1 aliphatic rings. The highest BCUT2D eigenvalue weighted by molar-refractivity contribution is 5.94. The second-order valence-corrected chi connectivity index (χ2v) is 4.47. The van der Waals surface area contributed by atoms with E-state index in [1.165, 1.54) is 19.4 Å². The summed E-state index contributed by atoms with van der Waals surface area (Å²) >= 11 is 0. The minimum atomic E-state index is -0.375. The largest absolute Gasteiger partial charge is 0.469 e. The van der Waals surface area contributed by atoms with Gasteiger partial charge in [-0.2, -0.15) is 0 Å². The SMILES string of the molecule is COC(=O)CC1CN(C(=O)c2cc[nH]c(=O)c2)CCO1. The molecule has 2 rings (SSSR count). The van der Waals surface area contributed by atoms with Crippen molar-refractivity contribution in [1.29, 1.82) is 0 Å². The standard InChI is InChI=1S/C13H16N2O5/c1-19-12(17)7-10-8-15(4-5-20-10)13(18)9-2-3-14-11(16)6-9/h2-3,6,10H,4-5,7-8H2,1H3,(H,14,16). The van der Waals surface area contributed by atoms with Crippen molar-refractivity contribution in [2.75, 3.05) is 26.8 Å². The number of hydrogen-bond donors (Lipinski definition) is 1. The fourth-order valence-corrected chi connectivity index (χ4v) is 2.06. The van der Waals surface area contributed by atoms with E-state index in [-0.39, 0.29) is 30.0 Å². The molecular weight excluding hydrogens is 264 g/mol. The number of aromatic amines is 1. The highest BCUT2D eigenvalue weighted by Crippen LogP contribution is 2.12. The Bertz CT molecular complexity index is 554. The van der Waals surface area contributed by atoms with Gasteiger partial charge in [0.05, 0.1) is 26.2 Å². The molecule has 1 unspecified atom stereocenters. The van der Waals surface area contributed by atoms with E-state index in [0.717, 1.165) is 0 Å². The number of ether oxygens (including phenoxy) is 2. The molecule has 20 heavy (non-hydrogen) atoms. The molecule has 108 valence electrons. The van der Waals surface area contributed by atoms with E-state index in [4.69, 9.17) is 4.74 Å². The summed E-state index contributed by atoms with van der Waals surface area (Å²) in [4.78, 5) is 38.7. The number of methoxy groups -OCH3 is 1. The third kappa shape index (κ3) is 3.45. The molecule has 7 nitrogen and oxygen atoms in total. The lowest BCUT2D eigenvalue weighted by Gasteiger charge is -2.32. The average molecular weight is 280 g/mol. The second kappa shape index (κ2) is 6.33. The second-order valence-electron chi connectivity index (χ2n) is 4.47. The summed E-state index contributed by atoms with van der Waals surface area (Å²) < 4.78 is 10.0. The van der Waals surface area contributed by atoms with Crippen molar-refractivity contribution < 1.29 is 19.1 Å². The molecule has 0 radical (unpaired) electrons. The number of H-pyrrole nitrogens is 1. The Morgan fingerprint density at radius 2 is 2.35 bits per heavy atom. The van der Waals surface area contributed by atoms with Gasteiger partial charge in [0.15, 0.2) is 0 Å². The number of morpholine rings is 1. The van der Waals surface area contributed by atoms with Crippen LogP contribution in [0.15, 0.2) is 23.1 Å². The molecule has 0 saturated carbocycles. The maximum Gasteiger partial charge on any atom is 0.308 e. The van der Waals surface area contributed by atoms with E-state index in [1.54, 1.807) is 11.0 Å². The first-order valence-corrected chi connectivity index (χ1v) is 6.26. The third-order valence-electron chi connectivity index (χ3n) is 3.07. The molecule has 2 heterocycles. The fourth-order valence-electron chi connectivity index (χ4n) is 2.06. The van der Waals surface area contributed by atoms with Crippen LogP contribution < -0.4 is 5.56 Å². The van der Waals surface area contributed by atoms with Gasteiger partial charge in [-0.15, -0.1) is 0 Å². The predicted octanol–water partition coefficient (Wildman–Crippen LogP) is -0.221. The quantitative estimate of drug-likeness (QED) is 0.773. The lowest BCUT2D eigenvalue weighted by molar-refractivity contribution is -0.145. The summed E-state index contributed by atoms with van der Waals surface area (Å²) in [5.41, 5.74) is 0.00249. The zero-order chi connectivity index (χ0) is 14.5. The molecule has 1 amide bonds. The Morgan fingerprint density at radius 3 is 3.05 bits per heavy atom. The maximum absolute atomic E-state index is 12.3. The minimum Gasteiger partial charge on any atom is -0.469 e. The van der Waals surface area contributed by atoms with Crippen LogP contribution in [-0.4, -0.2) is 54.7 Å². The van der Waals surface area contributed by atoms with E-state index in [0.29, 0.717) is 25.3 Å². The molecule has 1 atom stereocenters. The zero-order valence-electron chi connectivity index (χ0n) is 11.1. The van der Waals surface area contributed by atoms with Crippen molar-refractivity contribution in [3.63, 3.8) is 0 Å². The van der Waals surface area contributed by atoms with E-state index in [1.807, 2.05) is 0 Å². The van der Waals surface area contributed by atoms with Crippen LogP contribution in [-0.2, 0) is 14.3 Å². The Hall–Kier alpha value is -2.15. The van der Waals surface area contributed by atoms with Gasteiger partial charge in [0, 0.05) is 30.9 Å². The molecule has 1 aromatic rings. The topological polar surface area (TPSA) is 88.7 Å². The van der Waals surface area contributed by atoms with Gasteiger partial charge in [0.1, 0.15) is 0 Å². The number of aromatic nitrogens is 1.